The molecule has 5 nitrogen and oxygen atoms in total. The van der Waals surface area contributed by atoms with E-state index in [4.69, 9.17) is 0 Å². The summed E-state index contributed by atoms with van der Waals surface area (Å²) in [4.78, 5) is 13.4. The van der Waals surface area contributed by atoms with E-state index in [-0.39, 0.29) is 16.8 Å². The lowest BCUT2D eigenvalue weighted by Crippen LogP contribution is -2.31. The lowest BCUT2D eigenvalue weighted by Gasteiger charge is -2.23. The summed E-state index contributed by atoms with van der Waals surface area (Å²) >= 11 is 4.75. The third-order valence-corrected chi connectivity index (χ3v) is 8.36. The van der Waals surface area contributed by atoms with E-state index in [1.807, 2.05) is 32.0 Å². The number of fused-ring (bicyclic) bond motifs is 1. The van der Waals surface area contributed by atoms with E-state index >= 15 is 0 Å². The minimum atomic E-state index is -3.68. The van der Waals surface area contributed by atoms with Gasteiger partial charge in [0, 0.05) is 21.8 Å². The highest BCUT2D eigenvalue weighted by atomic mass is 79.9. The van der Waals surface area contributed by atoms with Gasteiger partial charge in [0.2, 0.25) is 0 Å². The van der Waals surface area contributed by atoms with Crippen LogP contribution in [0.2, 0.25) is 0 Å². The van der Waals surface area contributed by atoms with Crippen molar-refractivity contribution in [2.75, 3.05) is 10.8 Å². The first-order valence-electron chi connectivity index (χ1n) is 9.89. The van der Waals surface area contributed by atoms with Crippen molar-refractivity contribution in [3.8, 4) is 0 Å². The molecule has 0 saturated heterocycles. The third kappa shape index (κ3) is 4.87. The van der Waals surface area contributed by atoms with Crippen LogP contribution in [0.4, 0.5) is 5.69 Å². The quantitative estimate of drug-likeness (QED) is 0.418. The Hall–Kier alpha value is -1.90. The van der Waals surface area contributed by atoms with Crippen LogP contribution in [0.25, 0.3) is 10.1 Å². The number of nitrogens with zero attached hydrogens (tertiary/aromatic N) is 1. The number of sulfonamides is 1. The summed E-state index contributed by atoms with van der Waals surface area (Å²) in [6, 6.07) is 14.1. The Morgan fingerprint density at radius 1 is 1.13 bits per heavy atom. The monoisotopic (exact) mass is 508 g/mol. The van der Waals surface area contributed by atoms with Crippen molar-refractivity contribution in [2.45, 2.75) is 44.6 Å². The second-order valence-electron chi connectivity index (χ2n) is 7.12. The first-order chi connectivity index (χ1) is 14.3. The fourth-order valence-electron chi connectivity index (χ4n) is 3.32. The molecule has 160 valence electrons. The van der Waals surface area contributed by atoms with Gasteiger partial charge in [-0.2, -0.15) is 0 Å². The van der Waals surface area contributed by atoms with Crippen LogP contribution in [0.1, 0.15) is 43.3 Å². The number of hydrogen-bond donors (Lipinski definition) is 1. The van der Waals surface area contributed by atoms with Crippen LogP contribution in [0.15, 0.2) is 57.9 Å². The van der Waals surface area contributed by atoms with E-state index in [0.29, 0.717) is 17.1 Å². The molecule has 0 radical (unpaired) electrons. The molecule has 0 aliphatic rings. The largest absolute Gasteiger partial charge is 0.349 e. The number of anilines is 1. The van der Waals surface area contributed by atoms with Crippen molar-refractivity contribution in [3.63, 3.8) is 0 Å². The highest BCUT2D eigenvalue weighted by molar-refractivity contribution is 9.10. The summed E-state index contributed by atoms with van der Waals surface area (Å²) in [5.41, 5.74) is 0.581. The lowest BCUT2D eigenvalue weighted by molar-refractivity contribution is 0.0942. The Morgan fingerprint density at radius 3 is 2.47 bits per heavy atom. The summed E-state index contributed by atoms with van der Waals surface area (Å²) in [7, 11) is -3.68. The topological polar surface area (TPSA) is 66.5 Å². The molecular weight excluding hydrogens is 484 g/mol. The molecule has 8 heteroatoms. The first kappa shape index (κ1) is 22.8. The number of benzene rings is 2. The number of nitrogens with one attached hydrogen (secondary N) is 1. The Balaban J connectivity index is 1.91. The molecular formula is C22H25BrN2O3S2. The summed E-state index contributed by atoms with van der Waals surface area (Å²) in [6.45, 7) is 6.20. The van der Waals surface area contributed by atoms with E-state index in [1.54, 1.807) is 30.3 Å². The van der Waals surface area contributed by atoms with Crippen LogP contribution in [0.3, 0.4) is 0 Å². The number of carbonyl (C=O) groups is 1. The highest BCUT2D eigenvalue weighted by Gasteiger charge is 2.24. The predicted molar refractivity (Wildman–Crippen MR) is 128 cm³/mol. The first-order valence-corrected chi connectivity index (χ1v) is 12.9. The zero-order valence-corrected chi connectivity index (χ0v) is 20.4. The van der Waals surface area contributed by atoms with Gasteiger partial charge in [0.25, 0.3) is 15.9 Å². The zero-order valence-electron chi connectivity index (χ0n) is 17.2. The van der Waals surface area contributed by atoms with E-state index in [0.717, 1.165) is 27.4 Å². The van der Waals surface area contributed by atoms with Gasteiger partial charge in [0.15, 0.2) is 0 Å². The molecule has 1 N–H and O–H groups in total. The Kier molecular flexibility index (Phi) is 7.21. The van der Waals surface area contributed by atoms with Crippen molar-refractivity contribution < 1.29 is 13.2 Å². The van der Waals surface area contributed by atoms with Crippen LogP contribution in [-0.2, 0) is 10.0 Å². The van der Waals surface area contributed by atoms with Crippen molar-refractivity contribution >= 4 is 59.0 Å². The third-order valence-electron chi connectivity index (χ3n) is 4.80. The minimum Gasteiger partial charge on any atom is -0.349 e. The van der Waals surface area contributed by atoms with Crippen molar-refractivity contribution in [1.29, 1.82) is 0 Å². The number of thiophene rings is 1. The molecule has 1 aromatic heterocycles. The Bertz CT molecular complexity index is 1140. The summed E-state index contributed by atoms with van der Waals surface area (Å²) in [6.07, 6.45) is 1.94. The van der Waals surface area contributed by atoms with Gasteiger partial charge >= 0.3 is 0 Å². The molecule has 1 amide bonds. The molecule has 1 unspecified atom stereocenters. The number of halogens is 1. The average Bonchev–Trinajstić information content (AvgIpc) is 3.12. The molecule has 0 aliphatic heterocycles. The number of rotatable bonds is 8. The van der Waals surface area contributed by atoms with Gasteiger partial charge in [0.1, 0.15) is 0 Å². The second-order valence-corrected chi connectivity index (χ2v) is 11.0. The van der Waals surface area contributed by atoms with Crippen molar-refractivity contribution in [3.05, 3.63) is 57.9 Å². The molecule has 0 fully saturated rings. The molecule has 30 heavy (non-hydrogen) atoms. The molecule has 1 atom stereocenters. The molecule has 0 saturated carbocycles. The van der Waals surface area contributed by atoms with Crippen LogP contribution >= 0.6 is 27.3 Å². The van der Waals surface area contributed by atoms with Gasteiger partial charge in [-0.25, -0.2) is 8.42 Å². The van der Waals surface area contributed by atoms with Crippen LogP contribution in [0, 0.1) is 0 Å². The molecule has 3 rings (SSSR count). The maximum absolute atomic E-state index is 13.2. The van der Waals surface area contributed by atoms with Gasteiger partial charge in [-0.3, -0.25) is 9.10 Å². The number of amides is 1. The average molecular weight is 509 g/mol. The van der Waals surface area contributed by atoms with E-state index in [9.17, 15) is 13.2 Å². The maximum atomic E-state index is 13.2. The molecule has 3 aromatic rings. The second kappa shape index (κ2) is 9.49. The number of hydrogen-bond acceptors (Lipinski definition) is 4. The molecule has 0 aliphatic carbocycles. The summed E-state index contributed by atoms with van der Waals surface area (Å²) in [5, 5.41) is 3.87. The SMILES string of the molecule is CCCC(C)NC(=O)c1cc2cc(N(CC)S(=O)(=O)c3ccc(Br)cc3)ccc2s1. The Morgan fingerprint density at radius 2 is 1.83 bits per heavy atom. The Labute approximate surface area is 190 Å². The van der Waals surface area contributed by atoms with Gasteiger partial charge in [-0.05, 0) is 74.2 Å². The fraction of sp³-hybridized carbons (Fsp3) is 0.318. The van der Waals surface area contributed by atoms with Crippen LogP contribution < -0.4 is 9.62 Å². The molecule has 0 bridgehead atoms. The van der Waals surface area contributed by atoms with Crippen molar-refractivity contribution in [2.24, 2.45) is 0 Å². The number of carbonyl (C=O) groups excluding carboxylic acids is 1. The van der Waals surface area contributed by atoms with E-state index in [2.05, 4.69) is 28.2 Å². The predicted octanol–water partition coefficient (Wildman–Crippen LogP) is 5.80. The van der Waals surface area contributed by atoms with Gasteiger partial charge < -0.3 is 5.32 Å². The standard InChI is InChI=1S/C22H25BrN2O3S2/c1-4-6-15(3)24-22(26)21-14-16-13-18(9-12-20(16)29-21)25(5-2)30(27,28)19-10-7-17(23)8-11-19/h7-15H,4-6H2,1-3H3,(H,24,26). The minimum absolute atomic E-state index is 0.0893. The lowest BCUT2D eigenvalue weighted by atomic mass is 10.2. The fourth-order valence-corrected chi connectivity index (χ4v) is 6.00. The zero-order chi connectivity index (χ0) is 21.9. The van der Waals surface area contributed by atoms with Crippen LogP contribution in [0.5, 0.6) is 0 Å². The normalized spacial score (nSPS) is 12.7. The van der Waals surface area contributed by atoms with Gasteiger partial charge in [-0.15, -0.1) is 11.3 Å². The maximum Gasteiger partial charge on any atom is 0.264 e. The van der Waals surface area contributed by atoms with E-state index in [1.165, 1.54) is 15.6 Å². The molecule has 2 aromatic carbocycles. The highest BCUT2D eigenvalue weighted by Crippen LogP contribution is 2.32. The molecule has 1 heterocycles. The summed E-state index contributed by atoms with van der Waals surface area (Å²) < 4.78 is 29.5. The smallest absolute Gasteiger partial charge is 0.264 e. The van der Waals surface area contributed by atoms with Crippen LogP contribution in [-0.4, -0.2) is 26.9 Å². The van der Waals surface area contributed by atoms with E-state index < -0.39 is 10.0 Å². The van der Waals surface area contributed by atoms with Gasteiger partial charge in [0.05, 0.1) is 15.5 Å². The molecule has 0 spiro atoms. The summed E-state index contributed by atoms with van der Waals surface area (Å²) in [5.74, 6) is -0.0893. The van der Waals surface area contributed by atoms with Gasteiger partial charge in [-0.1, -0.05) is 29.3 Å². The van der Waals surface area contributed by atoms with Crippen molar-refractivity contribution in [1.82, 2.24) is 5.32 Å².